The van der Waals surface area contributed by atoms with Gasteiger partial charge in [-0.15, -0.1) is 0 Å². The Morgan fingerprint density at radius 3 is 2.00 bits per heavy atom. The van der Waals surface area contributed by atoms with Crippen molar-refractivity contribution in [2.24, 2.45) is 0 Å². The van der Waals surface area contributed by atoms with Gasteiger partial charge in [-0.3, -0.25) is 13.9 Å². The fraction of sp³-hybridized carbons (Fsp3) is 0.286. The minimum atomic E-state index is -4.14. The summed E-state index contributed by atoms with van der Waals surface area (Å²) in [6.07, 6.45) is 1.10. The lowest BCUT2D eigenvalue weighted by Gasteiger charge is -2.33. The average Bonchev–Trinajstić information content (AvgIpc) is 2.92. The normalized spacial score (nSPS) is 12.0. The average molecular weight is 577 g/mol. The van der Waals surface area contributed by atoms with Crippen LogP contribution < -0.4 is 9.62 Å². The molecule has 0 aliphatic rings. The molecule has 7 nitrogen and oxygen atoms in total. The van der Waals surface area contributed by atoms with Crippen LogP contribution in [0.1, 0.15) is 32.3 Å². The summed E-state index contributed by atoms with van der Waals surface area (Å²) in [4.78, 5) is 28.4. The lowest BCUT2D eigenvalue weighted by molar-refractivity contribution is -0.140. The topological polar surface area (TPSA) is 86.8 Å². The summed E-state index contributed by atoms with van der Waals surface area (Å²) >= 11 is 12.0. The number of sulfonamides is 1. The Kier molecular flexibility index (Phi) is 10.6. The molecule has 0 fully saturated rings. The number of nitrogens with one attached hydrogen (secondary N) is 1. The molecule has 3 rings (SSSR count). The molecule has 1 N–H and O–H groups in total. The number of nitrogens with zero attached hydrogens (tertiary/aromatic N) is 2. The quantitative estimate of drug-likeness (QED) is 0.308. The standard InChI is InChI=1S/C28H31Cl2N3O4S/c1-3-18-31-28(35)26(4-2)32(19-21-10-12-22(29)13-11-21)27(34)20-33(24-8-6-5-7-9-24)38(36,37)25-16-14-23(30)15-17-25/h5-17,26H,3-4,18-20H2,1-2H3,(H,31,35)/t26-/m1/s1. The van der Waals surface area contributed by atoms with Crippen LogP contribution in [0.3, 0.4) is 0 Å². The molecule has 0 radical (unpaired) electrons. The maximum Gasteiger partial charge on any atom is 0.264 e. The first-order valence-electron chi connectivity index (χ1n) is 12.3. The number of amides is 2. The Morgan fingerprint density at radius 2 is 1.45 bits per heavy atom. The van der Waals surface area contributed by atoms with E-state index in [1.807, 2.05) is 13.8 Å². The van der Waals surface area contributed by atoms with Gasteiger partial charge >= 0.3 is 0 Å². The van der Waals surface area contributed by atoms with Crippen LogP contribution in [0, 0.1) is 0 Å². The first kappa shape index (κ1) is 29.5. The lowest BCUT2D eigenvalue weighted by Crippen LogP contribution is -2.52. The van der Waals surface area contributed by atoms with Gasteiger partial charge in [0.1, 0.15) is 12.6 Å². The number of hydrogen-bond acceptors (Lipinski definition) is 4. The largest absolute Gasteiger partial charge is 0.354 e. The SMILES string of the molecule is CCCNC(=O)[C@@H](CC)N(Cc1ccc(Cl)cc1)C(=O)CN(c1ccccc1)S(=O)(=O)c1ccc(Cl)cc1. The summed E-state index contributed by atoms with van der Waals surface area (Å²) < 4.78 is 28.5. The third-order valence-electron chi connectivity index (χ3n) is 5.93. The molecule has 202 valence electrons. The van der Waals surface area contributed by atoms with E-state index < -0.39 is 28.5 Å². The predicted molar refractivity (Wildman–Crippen MR) is 152 cm³/mol. The maximum atomic E-state index is 13.9. The van der Waals surface area contributed by atoms with Crippen molar-refractivity contribution in [3.63, 3.8) is 0 Å². The molecule has 0 saturated heterocycles. The van der Waals surface area contributed by atoms with Crippen molar-refractivity contribution in [3.8, 4) is 0 Å². The van der Waals surface area contributed by atoms with Crippen LogP contribution in [0.5, 0.6) is 0 Å². The Labute approximate surface area is 234 Å². The first-order valence-corrected chi connectivity index (χ1v) is 14.5. The van der Waals surface area contributed by atoms with Crippen LogP contribution in [0.2, 0.25) is 10.0 Å². The highest BCUT2D eigenvalue weighted by atomic mass is 35.5. The van der Waals surface area contributed by atoms with Gasteiger partial charge in [-0.25, -0.2) is 8.42 Å². The number of para-hydroxylation sites is 1. The number of benzene rings is 3. The molecule has 0 bridgehead atoms. The van der Waals surface area contributed by atoms with E-state index in [0.717, 1.165) is 16.3 Å². The molecule has 10 heteroatoms. The second-order valence-electron chi connectivity index (χ2n) is 8.66. The summed E-state index contributed by atoms with van der Waals surface area (Å²) in [5.74, 6) is -0.802. The highest BCUT2D eigenvalue weighted by molar-refractivity contribution is 7.92. The van der Waals surface area contributed by atoms with E-state index in [4.69, 9.17) is 23.2 Å². The van der Waals surface area contributed by atoms with Crippen LogP contribution in [0.15, 0.2) is 83.8 Å². The molecule has 0 aliphatic heterocycles. The Hall–Kier alpha value is -3.07. The minimum absolute atomic E-state index is 0.00413. The zero-order chi connectivity index (χ0) is 27.7. The summed E-state index contributed by atoms with van der Waals surface area (Å²) in [6, 6.07) is 20.3. The summed E-state index contributed by atoms with van der Waals surface area (Å²) in [6.45, 7) is 3.84. The third-order valence-corrected chi connectivity index (χ3v) is 8.22. The van der Waals surface area contributed by atoms with Gasteiger partial charge in [0, 0.05) is 23.1 Å². The second-order valence-corrected chi connectivity index (χ2v) is 11.4. The van der Waals surface area contributed by atoms with Gasteiger partial charge in [-0.1, -0.05) is 67.4 Å². The Bertz CT molecular complexity index is 1320. The molecule has 3 aromatic rings. The van der Waals surface area contributed by atoms with E-state index >= 15 is 0 Å². The van der Waals surface area contributed by atoms with Gasteiger partial charge in [0.2, 0.25) is 11.8 Å². The van der Waals surface area contributed by atoms with E-state index in [1.54, 1.807) is 54.6 Å². The maximum absolute atomic E-state index is 13.9. The van der Waals surface area contributed by atoms with Crippen LogP contribution >= 0.6 is 23.2 Å². The van der Waals surface area contributed by atoms with Crippen molar-refractivity contribution in [1.29, 1.82) is 0 Å². The van der Waals surface area contributed by atoms with E-state index in [1.165, 1.54) is 29.2 Å². The highest BCUT2D eigenvalue weighted by Gasteiger charge is 2.33. The number of carbonyl (C=O) groups is 2. The summed E-state index contributed by atoms with van der Waals surface area (Å²) in [5.41, 5.74) is 1.09. The monoisotopic (exact) mass is 575 g/mol. The number of halogens is 2. The number of hydrogen-bond donors (Lipinski definition) is 1. The number of anilines is 1. The molecular weight excluding hydrogens is 545 g/mol. The molecule has 0 saturated carbocycles. The van der Waals surface area contributed by atoms with Gasteiger partial charge in [0.25, 0.3) is 10.0 Å². The molecule has 1 atom stereocenters. The zero-order valence-corrected chi connectivity index (χ0v) is 23.6. The fourth-order valence-corrected chi connectivity index (χ4v) is 5.59. The van der Waals surface area contributed by atoms with Crippen LogP contribution in [0.4, 0.5) is 5.69 Å². The van der Waals surface area contributed by atoms with Crippen LogP contribution in [-0.2, 0) is 26.2 Å². The van der Waals surface area contributed by atoms with Crippen molar-refractivity contribution < 1.29 is 18.0 Å². The minimum Gasteiger partial charge on any atom is -0.354 e. The molecule has 38 heavy (non-hydrogen) atoms. The third kappa shape index (κ3) is 7.49. The summed E-state index contributed by atoms with van der Waals surface area (Å²) in [5, 5.41) is 3.80. The van der Waals surface area contributed by atoms with Gasteiger partial charge in [0.05, 0.1) is 10.6 Å². The predicted octanol–water partition coefficient (Wildman–Crippen LogP) is 5.52. The second kappa shape index (κ2) is 13.6. The molecule has 0 unspecified atom stereocenters. The molecule has 0 heterocycles. The molecular formula is C28H31Cl2N3O4S. The van der Waals surface area contributed by atoms with Crippen molar-refractivity contribution in [2.45, 2.75) is 44.2 Å². The fourth-order valence-electron chi connectivity index (χ4n) is 3.93. The molecule has 0 aromatic heterocycles. The van der Waals surface area contributed by atoms with Crippen molar-refractivity contribution in [1.82, 2.24) is 10.2 Å². The molecule has 2 amide bonds. The van der Waals surface area contributed by atoms with Gasteiger partial charge in [-0.05, 0) is 66.9 Å². The van der Waals surface area contributed by atoms with Crippen molar-refractivity contribution in [2.75, 3.05) is 17.4 Å². The van der Waals surface area contributed by atoms with E-state index in [0.29, 0.717) is 28.7 Å². The van der Waals surface area contributed by atoms with Gasteiger partial charge in [0.15, 0.2) is 0 Å². The molecule has 0 aliphatic carbocycles. The number of rotatable bonds is 12. The molecule has 3 aromatic carbocycles. The van der Waals surface area contributed by atoms with Crippen molar-refractivity contribution in [3.05, 3.63) is 94.5 Å². The van der Waals surface area contributed by atoms with Crippen LogP contribution in [0.25, 0.3) is 0 Å². The van der Waals surface area contributed by atoms with Gasteiger partial charge in [-0.2, -0.15) is 0 Å². The van der Waals surface area contributed by atoms with E-state index in [-0.39, 0.29) is 17.3 Å². The van der Waals surface area contributed by atoms with Crippen molar-refractivity contribution >= 4 is 50.7 Å². The summed E-state index contributed by atoms with van der Waals surface area (Å²) in [7, 11) is -4.14. The van der Waals surface area contributed by atoms with E-state index in [9.17, 15) is 18.0 Å². The van der Waals surface area contributed by atoms with Crippen LogP contribution in [-0.4, -0.2) is 44.3 Å². The lowest BCUT2D eigenvalue weighted by atomic mass is 10.1. The first-order chi connectivity index (χ1) is 18.2. The Morgan fingerprint density at radius 1 is 0.868 bits per heavy atom. The zero-order valence-electron chi connectivity index (χ0n) is 21.3. The smallest absolute Gasteiger partial charge is 0.264 e. The number of carbonyl (C=O) groups excluding carboxylic acids is 2. The van der Waals surface area contributed by atoms with Gasteiger partial charge < -0.3 is 10.2 Å². The molecule has 0 spiro atoms. The highest BCUT2D eigenvalue weighted by Crippen LogP contribution is 2.25. The Balaban J connectivity index is 2.01. The van der Waals surface area contributed by atoms with E-state index in [2.05, 4.69) is 5.32 Å².